The van der Waals surface area contributed by atoms with E-state index in [4.69, 9.17) is 0 Å². The first-order chi connectivity index (χ1) is 11.6. The van der Waals surface area contributed by atoms with E-state index in [1.54, 1.807) is 0 Å². The van der Waals surface area contributed by atoms with Crippen LogP contribution in [0.25, 0.3) is 0 Å². The third-order valence-electron chi connectivity index (χ3n) is 4.74. The average Bonchev–Trinajstić information content (AvgIpc) is 3.00. The second kappa shape index (κ2) is 5.89. The minimum Gasteiger partial charge on any atom is -0.322 e. The van der Waals surface area contributed by atoms with E-state index < -0.39 is 18.0 Å². The van der Waals surface area contributed by atoms with Crippen LogP contribution in [0.2, 0.25) is 0 Å². The molecule has 1 aliphatic rings. The number of rotatable bonds is 3. The predicted octanol–water partition coefficient (Wildman–Crippen LogP) is 4.53. The molecule has 1 N–H and O–H groups in total. The maximum Gasteiger partial charge on any atom is 0.282 e. The Labute approximate surface area is 144 Å². The van der Waals surface area contributed by atoms with Crippen molar-refractivity contribution in [3.05, 3.63) is 46.5 Å². The fourth-order valence-electron chi connectivity index (χ4n) is 3.90. The maximum atomic E-state index is 14.3. The van der Waals surface area contributed by atoms with E-state index in [0.29, 0.717) is 11.3 Å². The van der Waals surface area contributed by atoms with Crippen LogP contribution < -0.4 is 5.32 Å². The number of carbonyl (C=O) groups is 1. The number of nitrogens with one attached hydrogen (secondary N) is 1. The van der Waals surface area contributed by atoms with E-state index in [0.717, 1.165) is 12.0 Å². The normalized spacial score (nSPS) is 18.5. The first kappa shape index (κ1) is 17.5. The van der Waals surface area contributed by atoms with Gasteiger partial charge in [0, 0.05) is 18.9 Å². The van der Waals surface area contributed by atoms with Crippen molar-refractivity contribution in [2.24, 2.45) is 7.05 Å². The third kappa shape index (κ3) is 2.92. The average molecular weight is 351 g/mol. The van der Waals surface area contributed by atoms with E-state index in [1.165, 1.54) is 30.1 Å². The zero-order valence-corrected chi connectivity index (χ0v) is 14.5. The zero-order chi connectivity index (χ0) is 18.5. The molecule has 1 heterocycles. The standard InChI is InChI=1S/C18H20F3N3O/c1-9-7-18(2,3)14-11(19)5-6-12(13(9)14)22-17(25)10-8-24(4)23-15(10)16(20)21/h5-6,8-9,16H,7H2,1-4H3,(H,22,25)/t9-/m1/s1. The molecule has 0 saturated heterocycles. The van der Waals surface area contributed by atoms with Crippen LogP contribution in [0.4, 0.5) is 18.9 Å². The van der Waals surface area contributed by atoms with Crippen LogP contribution in [-0.2, 0) is 12.5 Å². The molecule has 7 heteroatoms. The van der Waals surface area contributed by atoms with Gasteiger partial charge in [0.25, 0.3) is 12.3 Å². The highest BCUT2D eigenvalue weighted by atomic mass is 19.3. The molecule has 2 aromatic rings. The Morgan fingerprint density at radius 2 is 2.08 bits per heavy atom. The van der Waals surface area contributed by atoms with Crippen LogP contribution in [0.5, 0.6) is 0 Å². The lowest BCUT2D eigenvalue weighted by Crippen LogP contribution is -2.17. The van der Waals surface area contributed by atoms with Gasteiger partial charge < -0.3 is 5.32 Å². The summed E-state index contributed by atoms with van der Waals surface area (Å²) >= 11 is 0. The number of halogens is 3. The number of aryl methyl sites for hydroxylation is 1. The summed E-state index contributed by atoms with van der Waals surface area (Å²) in [6, 6.07) is 2.80. The highest BCUT2D eigenvalue weighted by Gasteiger charge is 2.39. The van der Waals surface area contributed by atoms with Gasteiger partial charge in [0.2, 0.25) is 0 Å². The molecule has 3 rings (SSSR count). The lowest BCUT2D eigenvalue weighted by atomic mass is 9.85. The summed E-state index contributed by atoms with van der Waals surface area (Å²) in [5, 5.41) is 6.31. The van der Waals surface area contributed by atoms with Gasteiger partial charge in [-0.25, -0.2) is 13.2 Å². The molecule has 25 heavy (non-hydrogen) atoms. The lowest BCUT2D eigenvalue weighted by Gasteiger charge is -2.20. The summed E-state index contributed by atoms with van der Waals surface area (Å²) in [6.45, 7) is 5.89. The lowest BCUT2D eigenvalue weighted by molar-refractivity contribution is 0.101. The van der Waals surface area contributed by atoms with Crippen LogP contribution >= 0.6 is 0 Å². The monoisotopic (exact) mass is 351 g/mol. The Hall–Kier alpha value is -2.31. The zero-order valence-electron chi connectivity index (χ0n) is 14.5. The van der Waals surface area contributed by atoms with Gasteiger partial charge in [0.05, 0.1) is 5.56 Å². The van der Waals surface area contributed by atoms with Crippen molar-refractivity contribution in [2.45, 2.75) is 45.0 Å². The van der Waals surface area contributed by atoms with Crippen LogP contribution in [0.3, 0.4) is 0 Å². The minimum atomic E-state index is -2.85. The fraction of sp³-hybridized carbons (Fsp3) is 0.444. The molecular weight excluding hydrogens is 331 g/mol. The van der Waals surface area contributed by atoms with Crippen molar-refractivity contribution < 1.29 is 18.0 Å². The van der Waals surface area contributed by atoms with Gasteiger partial charge in [-0.05, 0) is 41.0 Å². The molecule has 1 aromatic heterocycles. The number of amides is 1. The van der Waals surface area contributed by atoms with Gasteiger partial charge in [-0.2, -0.15) is 5.10 Å². The summed E-state index contributed by atoms with van der Waals surface area (Å²) in [4.78, 5) is 12.5. The quantitative estimate of drug-likeness (QED) is 0.883. The van der Waals surface area contributed by atoms with Crippen molar-refractivity contribution >= 4 is 11.6 Å². The number of benzene rings is 1. The minimum absolute atomic E-state index is 0.0551. The molecule has 0 aliphatic heterocycles. The molecule has 4 nitrogen and oxygen atoms in total. The molecule has 0 bridgehead atoms. The van der Waals surface area contributed by atoms with Crippen molar-refractivity contribution in [3.63, 3.8) is 0 Å². The molecule has 134 valence electrons. The summed E-state index contributed by atoms with van der Waals surface area (Å²) in [5.74, 6) is -0.925. The van der Waals surface area contributed by atoms with E-state index in [9.17, 15) is 18.0 Å². The number of fused-ring (bicyclic) bond motifs is 1. The Kier molecular flexibility index (Phi) is 4.13. The summed E-state index contributed by atoms with van der Waals surface area (Å²) < 4.78 is 41.7. The number of hydrogen-bond acceptors (Lipinski definition) is 2. The number of hydrogen-bond donors (Lipinski definition) is 1. The van der Waals surface area contributed by atoms with Crippen molar-refractivity contribution in [1.29, 1.82) is 0 Å². The number of aromatic nitrogens is 2. The maximum absolute atomic E-state index is 14.3. The molecule has 0 spiro atoms. The van der Waals surface area contributed by atoms with Crippen molar-refractivity contribution in [1.82, 2.24) is 9.78 Å². The van der Waals surface area contributed by atoms with E-state index in [2.05, 4.69) is 10.4 Å². The second-order valence-electron chi connectivity index (χ2n) is 7.23. The molecule has 1 amide bonds. The number of nitrogens with zero attached hydrogens (tertiary/aromatic N) is 2. The molecule has 0 saturated carbocycles. The van der Waals surface area contributed by atoms with Crippen LogP contribution in [0.15, 0.2) is 18.3 Å². The number of anilines is 1. The summed E-state index contributed by atoms with van der Waals surface area (Å²) in [5.41, 5.74) is 0.692. The first-order valence-corrected chi connectivity index (χ1v) is 8.07. The smallest absolute Gasteiger partial charge is 0.282 e. The number of carbonyl (C=O) groups excluding carboxylic acids is 1. The first-order valence-electron chi connectivity index (χ1n) is 8.07. The molecule has 0 radical (unpaired) electrons. The van der Waals surface area contributed by atoms with Gasteiger partial charge in [0.15, 0.2) is 0 Å². The SMILES string of the molecule is C[C@@H]1CC(C)(C)c2c(F)ccc(NC(=O)c3cn(C)nc3C(F)F)c21. The van der Waals surface area contributed by atoms with E-state index in [1.807, 2.05) is 20.8 Å². The van der Waals surface area contributed by atoms with Crippen molar-refractivity contribution in [2.75, 3.05) is 5.32 Å². The topological polar surface area (TPSA) is 46.9 Å². The van der Waals surface area contributed by atoms with Gasteiger partial charge in [-0.3, -0.25) is 9.48 Å². The Morgan fingerprint density at radius 1 is 1.40 bits per heavy atom. The summed E-state index contributed by atoms with van der Waals surface area (Å²) in [7, 11) is 1.48. The van der Waals surface area contributed by atoms with Gasteiger partial charge in [0.1, 0.15) is 11.5 Å². The van der Waals surface area contributed by atoms with Crippen LogP contribution in [0, 0.1) is 5.82 Å². The number of alkyl halides is 2. The van der Waals surface area contributed by atoms with Crippen molar-refractivity contribution in [3.8, 4) is 0 Å². The van der Waals surface area contributed by atoms with Crippen LogP contribution in [-0.4, -0.2) is 15.7 Å². The second-order valence-corrected chi connectivity index (χ2v) is 7.23. The highest BCUT2D eigenvalue weighted by Crippen LogP contribution is 2.49. The molecule has 0 fully saturated rings. The molecule has 1 aliphatic carbocycles. The van der Waals surface area contributed by atoms with Gasteiger partial charge in [-0.15, -0.1) is 0 Å². The molecule has 1 aromatic carbocycles. The van der Waals surface area contributed by atoms with Gasteiger partial charge in [-0.1, -0.05) is 20.8 Å². The Balaban J connectivity index is 2.01. The summed E-state index contributed by atoms with van der Waals surface area (Å²) in [6.07, 6.45) is -0.839. The molecule has 1 atom stereocenters. The largest absolute Gasteiger partial charge is 0.322 e. The van der Waals surface area contributed by atoms with E-state index >= 15 is 0 Å². The molecule has 0 unspecified atom stereocenters. The van der Waals surface area contributed by atoms with Gasteiger partial charge >= 0.3 is 0 Å². The predicted molar refractivity (Wildman–Crippen MR) is 88.6 cm³/mol. The third-order valence-corrected chi connectivity index (χ3v) is 4.74. The Morgan fingerprint density at radius 3 is 2.72 bits per heavy atom. The van der Waals surface area contributed by atoms with E-state index in [-0.39, 0.29) is 22.7 Å². The Bertz CT molecular complexity index is 842. The fourth-order valence-corrected chi connectivity index (χ4v) is 3.90. The highest BCUT2D eigenvalue weighted by molar-refractivity contribution is 6.05. The van der Waals surface area contributed by atoms with Crippen LogP contribution in [0.1, 0.15) is 66.7 Å². The molecular formula is C18H20F3N3O.